The summed E-state index contributed by atoms with van der Waals surface area (Å²) in [7, 11) is 2.53. The standard InChI is InChI=1S/C25H19Cl2F3N2O6/c1-12(24(35,25(28,29)30)13-4-7-20-19(8-13)32(2)23(34)38-20)15-6-5-14(9-17(15)26)37-21-10-18(27)16(11-31-21)22(33)36-3/h4-12,35H,1-3H3/t12-,24-/m1/s1. The Bertz CT molecular complexity index is 1600. The first-order chi connectivity index (χ1) is 17.8. The summed E-state index contributed by atoms with van der Waals surface area (Å²) in [6.45, 7) is 1.18. The lowest BCUT2D eigenvalue weighted by molar-refractivity contribution is -0.274. The van der Waals surface area contributed by atoms with Crippen LogP contribution in [0.3, 0.4) is 0 Å². The third kappa shape index (κ3) is 4.72. The molecule has 0 saturated carbocycles. The van der Waals surface area contributed by atoms with Crippen LogP contribution < -0.4 is 10.5 Å². The fraction of sp³-hybridized carbons (Fsp3) is 0.240. The maximum absolute atomic E-state index is 14.4. The summed E-state index contributed by atoms with van der Waals surface area (Å²) in [5.41, 5.74) is -3.72. The Morgan fingerprint density at radius 3 is 2.45 bits per heavy atom. The Hall–Kier alpha value is -3.54. The van der Waals surface area contributed by atoms with Crippen molar-refractivity contribution in [1.82, 2.24) is 9.55 Å². The van der Waals surface area contributed by atoms with Crippen LogP contribution >= 0.6 is 23.2 Å². The normalized spacial score (nSPS) is 14.2. The van der Waals surface area contributed by atoms with E-state index in [4.69, 9.17) is 32.4 Å². The molecule has 4 rings (SSSR count). The van der Waals surface area contributed by atoms with E-state index < -0.39 is 35.0 Å². The zero-order valence-electron chi connectivity index (χ0n) is 20.0. The number of pyridine rings is 1. The van der Waals surface area contributed by atoms with Crippen LogP contribution in [0.5, 0.6) is 11.6 Å². The van der Waals surface area contributed by atoms with E-state index in [9.17, 15) is 27.9 Å². The highest BCUT2D eigenvalue weighted by atomic mass is 35.5. The fourth-order valence-electron chi connectivity index (χ4n) is 4.02. The van der Waals surface area contributed by atoms with Gasteiger partial charge in [0, 0.05) is 30.3 Å². The summed E-state index contributed by atoms with van der Waals surface area (Å²) in [5, 5.41) is 11.0. The van der Waals surface area contributed by atoms with Gasteiger partial charge in [0.05, 0.1) is 23.2 Å². The average molecular weight is 571 g/mol. The van der Waals surface area contributed by atoms with Crippen LogP contribution in [0.25, 0.3) is 11.1 Å². The third-order valence-electron chi connectivity index (χ3n) is 6.18. The first-order valence-electron chi connectivity index (χ1n) is 10.9. The van der Waals surface area contributed by atoms with Gasteiger partial charge in [-0.05, 0) is 35.4 Å². The highest BCUT2D eigenvalue weighted by molar-refractivity contribution is 6.33. The van der Waals surface area contributed by atoms with Crippen LogP contribution in [0.4, 0.5) is 13.2 Å². The number of ether oxygens (including phenoxy) is 2. The van der Waals surface area contributed by atoms with Gasteiger partial charge in [-0.1, -0.05) is 42.3 Å². The fourth-order valence-corrected chi connectivity index (χ4v) is 4.57. The van der Waals surface area contributed by atoms with Crippen LogP contribution in [-0.2, 0) is 17.4 Å². The van der Waals surface area contributed by atoms with E-state index in [-0.39, 0.29) is 43.9 Å². The van der Waals surface area contributed by atoms with Gasteiger partial charge in [-0.3, -0.25) is 4.57 Å². The number of halogens is 5. The first kappa shape index (κ1) is 27.5. The molecule has 0 saturated heterocycles. The molecule has 8 nitrogen and oxygen atoms in total. The van der Waals surface area contributed by atoms with E-state index in [0.717, 1.165) is 22.9 Å². The van der Waals surface area contributed by atoms with Gasteiger partial charge in [0.1, 0.15) is 5.75 Å². The second-order valence-corrected chi connectivity index (χ2v) is 9.19. The molecule has 0 unspecified atom stereocenters. The molecule has 0 spiro atoms. The number of hydrogen-bond acceptors (Lipinski definition) is 7. The number of aromatic nitrogens is 2. The van der Waals surface area contributed by atoms with Crippen LogP contribution in [-0.4, -0.2) is 33.9 Å². The predicted molar refractivity (Wildman–Crippen MR) is 132 cm³/mol. The van der Waals surface area contributed by atoms with Gasteiger partial charge in [-0.25, -0.2) is 14.6 Å². The van der Waals surface area contributed by atoms with Crippen LogP contribution in [0.1, 0.15) is 34.3 Å². The molecule has 2 atom stereocenters. The van der Waals surface area contributed by atoms with E-state index >= 15 is 0 Å². The summed E-state index contributed by atoms with van der Waals surface area (Å²) < 4.78 is 59.5. The van der Waals surface area contributed by atoms with E-state index in [0.29, 0.717) is 0 Å². The second kappa shape index (κ2) is 9.97. The van der Waals surface area contributed by atoms with Crippen LogP contribution in [0.15, 0.2) is 57.9 Å². The van der Waals surface area contributed by atoms with Gasteiger partial charge < -0.3 is 19.0 Å². The zero-order chi connectivity index (χ0) is 28.0. The number of nitrogens with zero attached hydrogens (tertiary/aromatic N) is 2. The number of methoxy groups -OCH3 is 1. The van der Waals surface area contributed by atoms with E-state index in [1.807, 2.05) is 0 Å². The molecule has 2 heterocycles. The van der Waals surface area contributed by atoms with Gasteiger partial charge in [0.25, 0.3) is 0 Å². The molecule has 0 aliphatic carbocycles. The number of fused-ring (bicyclic) bond motifs is 1. The summed E-state index contributed by atoms with van der Waals surface area (Å²) >= 11 is 12.4. The predicted octanol–water partition coefficient (Wildman–Crippen LogP) is 5.97. The Balaban J connectivity index is 1.69. The lowest BCUT2D eigenvalue weighted by Gasteiger charge is -2.37. The number of aryl methyl sites for hydroxylation is 1. The lowest BCUT2D eigenvalue weighted by Crippen LogP contribution is -2.46. The highest BCUT2D eigenvalue weighted by Gasteiger charge is 2.59. The number of oxazole rings is 1. The number of carbonyl (C=O) groups excluding carboxylic acids is 1. The summed E-state index contributed by atoms with van der Waals surface area (Å²) in [6, 6.07) is 8.46. The largest absolute Gasteiger partial charge is 0.465 e. The molecule has 2 aromatic heterocycles. The van der Waals surface area contributed by atoms with Crippen molar-refractivity contribution < 1.29 is 37.0 Å². The molecule has 0 amide bonds. The van der Waals surface area contributed by atoms with Crippen molar-refractivity contribution in [1.29, 1.82) is 0 Å². The van der Waals surface area contributed by atoms with Crippen molar-refractivity contribution in [2.75, 3.05) is 7.11 Å². The highest BCUT2D eigenvalue weighted by Crippen LogP contribution is 2.50. The average Bonchev–Trinajstić information content (AvgIpc) is 3.14. The molecular weight excluding hydrogens is 552 g/mol. The van der Waals surface area contributed by atoms with E-state index in [1.54, 1.807) is 0 Å². The first-order valence-corrected chi connectivity index (χ1v) is 11.6. The Labute approximate surface area is 223 Å². The quantitative estimate of drug-likeness (QED) is 0.285. The summed E-state index contributed by atoms with van der Waals surface area (Å²) in [4.78, 5) is 27.4. The zero-order valence-corrected chi connectivity index (χ0v) is 21.5. The van der Waals surface area contributed by atoms with Crippen molar-refractivity contribution in [2.24, 2.45) is 7.05 Å². The molecule has 4 aromatic rings. The van der Waals surface area contributed by atoms with Crippen molar-refractivity contribution >= 4 is 40.3 Å². The molecule has 2 aromatic carbocycles. The number of hydrogen-bond donors (Lipinski definition) is 1. The molecular formula is C25H19Cl2F3N2O6. The van der Waals surface area contributed by atoms with Gasteiger partial charge >= 0.3 is 17.9 Å². The molecule has 0 aliphatic heterocycles. The lowest BCUT2D eigenvalue weighted by atomic mass is 9.77. The number of rotatable bonds is 6. The molecule has 38 heavy (non-hydrogen) atoms. The summed E-state index contributed by atoms with van der Waals surface area (Å²) in [5.74, 6) is -2.93. The van der Waals surface area contributed by atoms with Gasteiger partial charge in [-0.15, -0.1) is 0 Å². The minimum atomic E-state index is -5.12. The minimum absolute atomic E-state index is 0.00894. The van der Waals surface area contributed by atoms with Crippen LogP contribution in [0.2, 0.25) is 10.0 Å². The Morgan fingerprint density at radius 2 is 1.84 bits per heavy atom. The SMILES string of the molecule is COC(=O)c1cnc(Oc2ccc([C@@H](C)[C@@](O)(c3ccc4oc(=O)n(C)c4c3)C(F)(F)F)c(Cl)c2)cc1Cl. The molecule has 0 aliphatic rings. The van der Waals surface area contributed by atoms with Crippen LogP contribution in [0, 0.1) is 0 Å². The maximum atomic E-state index is 14.4. The number of aliphatic hydroxyl groups is 1. The van der Waals surface area contributed by atoms with Crippen molar-refractivity contribution in [3.8, 4) is 11.6 Å². The summed E-state index contributed by atoms with van der Waals surface area (Å²) in [6.07, 6.45) is -3.97. The monoisotopic (exact) mass is 570 g/mol. The van der Waals surface area contributed by atoms with Crippen molar-refractivity contribution in [3.63, 3.8) is 0 Å². The number of benzene rings is 2. The van der Waals surface area contributed by atoms with Gasteiger partial charge in [-0.2, -0.15) is 13.2 Å². The van der Waals surface area contributed by atoms with Gasteiger partial charge in [0.2, 0.25) is 5.88 Å². The number of carbonyl (C=O) groups is 1. The smallest absolute Gasteiger partial charge is 0.422 e. The topological polar surface area (TPSA) is 104 Å². The minimum Gasteiger partial charge on any atom is -0.465 e. The molecule has 13 heteroatoms. The molecule has 0 radical (unpaired) electrons. The molecule has 200 valence electrons. The van der Waals surface area contributed by atoms with E-state index in [2.05, 4.69) is 9.72 Å². The van der Waals surface area contributed by atoms with E-state index in [1.165, 1.54) is 51.4 Å². The van der Waals surface area contributed by atoms with Crippen molar-refractivity contribution in [2.45, 2.75) is 24.6 Å². The molecule has 0 fully saturated rings. The number of esters is 1. The Kier molecular flexibility index (Phi) is 7.21. The Morgan fingerprint density at radius 1 is 1.13 bits per heavy atom. The maximum Gasteiger partial charge on any atom is 0.422 e. The molecule has 1 N–H and O–H groups in total. The van der Waals surface area contributed by atoms with Gasteiger partial charge in [0.15, 0.2) is 11.2 Å². The molecule has 0 bridgehead atoms. The number of alkyl halides is 3. The second-order valence-electron chi connectivity index (χ2n) is 8.37. The van der Waals surface area contributed by atoms with Crippen molar-refractivity contribution in [3.05, 3.63) is 85.9 Å². The third-order valence-corrected chi connectivity index (χ3v) is 6.82.